The van der Waals surface area contributed by atoms with Gasteiger partial charge in [-0.25, -0.2) is 0 Å². The van der Waals surface area contributed by atoms with Crippen molar-refractivity contribution < 1.29 is 14.3 Å². The van der Waals surface area contributed by atoms with Crippen molar-refractivity contribution in [2.75, 3.05) is 20.8 Å². The van der Waals surface area contributed by atoms with Gasteiger partial charge in [0.25, 0.3) is 0 Å². The summed E-state index contributed by atoms with van der Waals surface area (Å²) in [5.41, 5.74) is 0.973. The van der Waals surface area contributed by atoms with Crippen LogP contribution >= 0.6 is 22.9 Å². The number of methoxy groups -OCH3 is 2. The summed E-state index contributed by atoms with van der Waals surface area (Å²) in [5, 5.41) is 0. The van der Waals surface area contributed by atoms with Crippen LogP contribution in [0.2, 0.25) is 4.34 Å². The van der Waals surface area contributed by atoms with Crippen LogP contribution in [0.3, 0.4) is 0 Å². The van der Waals surface area contributed by atoms with Crippen LogP contribution in [-0.4, -0.2) is 31.6 Å². The number of nitrogens with zero attached hydrogens (tertiary/aromatic N) is 1. The normalized spacial score (nSPS) is 10.5. The topological polar surface area (TPSA) is 38.8 Å². The number of benzene rings is 1. The lowest BCUT2D eigenvalue weighted by Crippen LogP contribution is -2.30. The summed E-state index contributed by atoms with van der Waals surface area (Å²) < 4.78 is 11.4. The van der Waals surface area contributed by atoms with E-state index in [-0.39, 0.29) is 5.91 Å². The highest BCUT2D eigenvalue weighted by Gasteiger charge is 2.15. The predicted octanol–water partition coefficient (Wildman–Crippen LogP) is 4.40. The fourth-order valence-corrected chi connectivity index (χ4v) is 3.58. The lowest BCUT2D eigenvalue weighted by atomic mass is 10.1. The third kappa shape index (κ3) is 4.89. The molecule has 0 radical (unpaired) electrons. The Bertz CT molecular complexity index is 687. The molecule has 0 bridgehead atoms. The first-order chi connectivity index (χ1) is 11.6. The van der Waals surface area contributed by atoms with E-state index in [4.69, 9.17) is 21.1 Å². The number of amides is 1. The maximum Gasteiger partial charge on any atom is 0.223 e. The first-order valence-corrected chi connectivity index (χ1v) is 8.99. The van der Waals surface area contributed by atoms with Gasteiger partial charge in [-0.3, -0.25) is 4.79 Å². The van der Waals surface area contributed by atoms with Gasteiger partial charge in [0.15, 0.2) is 0 Å². The molecule has 0 aliphatic carbocycles. The Morgan fingerprint density at radius 1 is 1.21 bits per heavy atom. The molecule has 2 aromatic rings. The molecule has 0 spiro atoms. The number of thiophene rings is 1. The first kappa shape index (κ1) is 18.6. The zero-order valence-electron chi connectivity index (χ0n) is 14.2. The number of rotatable bonds is 8. The Labute approximate surface area is 152 Å². The molecule has 1 amide bonds. The standard InChI is InChI=1S/C18H22ClNO3S/c1-4-20(12-15-7-9-17(19)24-15)18(21)10-5-13-11-14(22-2)6-8-16(13)23-3/h6-9,11H,4-5,10,12H2,1-3H3. The van der Waals surface area contributed by atoms with Crippen LogP contribution in [0.15, 0.2) is 30.3 Å². The van der Waals surface area contributed by atoms with Gasteiger partial charge in [-0.1, -0.05) is 11.6 Å². The van der Waals surface area contributed by atoms with Crippen molar-refractivity contribution in [3.05, 3.63) is 45.1 Å². The molecular formula is C18H22ClNO3S. The van der Waals surface area contributed by atoms with Crippen LogP contribution in [0.5, 0.6) is 11.5 Å². The number of hydrogen-bond acceptors (Lipinski definition) is 4. The van der Waals surface area contributed by atoms with E-state index in [1.165, 1.54) is 11.3 Å². The lowest BCUT2D eigenvalue weighted by Gasteiger charge is -2.20. The summed E-state index contributed by atoms with van der Waals surface area (Å²) in [7, 11) is 3.26. The lowest BCUT2D eigenvalue weighted by molar-refractivity contribution is -0.131. The largest absolute Gasteiger partial charge is 0.497 e. The van der Waals surface area contributed by atoms with Crippen molar-refractivity contribution in [3.8, 4) is 11.5 Å². The van der Waals surface area contributed by atoms with Gasteiger partial charge in [-0.2, -0.15) is 0 Å². The molecule has 1 aromatic heterocycles. The number of carbonyl (C=O) groups is 1. The van der Waals surface area contributed by atoms with E-state index in [0.29, 0.717) is 25.9 Å². The van der Waals surface area contributed by atoms with E-state index < -0.39 is 0 Å². The van der Waals surface area contributed by atoms with Crippen molar-refractivity contribution in [1.82, 2.24) is 4.90 Å². The second-order valence-electron chi connectivity index (χ2n) is 5.29. The van der Waals surface area contributed by atoms with Crippen LogP contribution in [0.25, 0.3) is 0 Å². The Balaban J connectivity index is 2.00. The van der Waals surface area contributed by atoms with Crippen molar-refractivity contribution in [2.45, 2.75) is 26.3 Å². The molecule has 2 rings (SSSR count). The quantitative estimate of drug-likeness (QED) is 0.694. The number of aryl methyl sites for hydroxylation is 1. The van der Waals surface area contributed by atoms with Gasteiger partial charge in [0, 0.05) is 17.8 Å². The highest BCUT2D eigenvalue weighted by Crippen LogP contribution is 2.26. The molecule has 1 heterocycles. The van der Waals surface area contributed by atoms with Crippen LogP contribution in [0, 0.1) is 0 Å². The Hall–Kier alpha value is -1.72. The van der Waals surface area contributed by atoms with Gasteiger partial charge in [0.2, 0.25) is 5.91 Å². The van der Waals surface area contributed by atoms with E-state index in [9.17, 15) is 4.79 Å². The fraction of sp³-hybridized carbons (Fsp3) is 0.389. The minimum Gasteiger partial charge on any atom is -0.497 e. The molecule has 0 saturated heterocycles. The molecule has 130 valence electrons. The van der Waals surface area contributed by atoms with Gasteiger partial charge >= 0.3 is 0 Å². The monoisotopic (exact) mass is 367 g/mol. The summed E-state index contributed by atoms with van der Waals surface area (Å²) in [5.74, 6) is 1.66. The second kappa shape index (κ2) is 8.94. The predicted molar refractivity (Wildman–Crippen MR) is 98.3 cm³/mol. The first-order valence-electron chi connectivity index (χ1n) is 7.80. The van der Waals surface area contributed by atoms with Gasteiger partial charge in [0.05, 0.1) is 25.1 Å². The average molecular weight is 368 g/mol. The molecule has 1 aromatic carbocycles. The van der Waals surface area contributed by atoms with Gasteiger partial charge in [-0.05, 0) is 49.2 Å². The molecule has 6 heteroatoms. The van der Waals surface area contributed by atoms with Crippen molar-refractivity contribution in [2.24, 2.45) is 0 Å². The summed E-state index contributed by atoms with van der Waals surface area (Å²) >= 11 is 7.47. The van der Waals surface area contributed by atoms with E-state index in [2.05, 4.69) is 0 Å². The fourth-order valence-electron chi connectivity index (χ4n) is 2.48. The molecule has 4 nitrogen and oxygen atoms in total. The second-order valence-corrected chi connectivity index (χ2v) is 7.09. The Morgan fingerprint density at radius 2 is 2.00 bits per heavy atom. The molecular weight excluding hydrogens is 346 g/mol. The highest BCUT2D eigenvalue weighted by molar-refractivity contribution is 7.16. The van der Waals surface area contributed by atoms with Crippen LogP contribution < -0.4 is 9.47 Å². The summed E-state index contributed by atoms with van der Waals surface area (Å²) in [6, 6.07) is 9.46. The highest BCUT2D eigenvalue weighted by atomic mass is 35.5. The minimum absolute atomic E-state index is 0.117. The summed E-state index contributed by atoms with van der Waals surface area (Å²) in [6.45, 7) is 3.25. The van der Waals surface area contributed by atoms with Crippen LogP contribution in [-0.2, 0) is 17.8 Å². The molecule has 24 heavy (non-hydrogen) atoms. The van der Waals surface area contributed by atoms with E-state index in [0.717, 1.165) is 26.3 Å². The Kier molecular flexibility index (Phi) is 6.94. The van der Waals surface area contributed by atoms with E-state index in [1.54, 1.807) is 14.2 Å². The van der Waals surface area contributed by atoms with Gasteiger partial charge < -0.3 is 14.4 Å². The molecule has 0 N–H and O–H groups in total. The maximum atomic E-state index is 12.5. The Morgan fingerprint density at radius 3 is 2.58 bits per heavy atom. The summed E-state index contributed by atoms with van der Waals surface area (Å²) in [4.78, 5) is 15.5. The number of carbonyl (C=O) groups excluding carboxylic acids is 1. The van der Waals surface area contributed by atoms with Crippen molar-refractivity contribution in [1.29, 1.82) is 0 Å². The van der Waals surface area contributed by atoms with Crippen LogP contribution in [0.1, 0.15) is 23.8 Å². The van der Waals surface area contributed by atoms with Crippen LogP contribution in [0.4, 0.5) is 0 Å². The SMILES string of the molecule is CCN(Cc1ccc(Cl)s1)C(=O)CCc1cc(OC)ccc1OC. The number of halogens is 1. The molecule has 0 fully saturated rings. The third-order valence-electron chi connectivity index (χ3n) is 3.81. The minimum atomic E-state index is 0.117. The van der Waals surface area contributed by atoms with E-state index >= 15 is 0 Å². The summed E-state index contributed by atoms with van der Waals surface area (Å²) in [6.07, 6.45) is 1.04. The average Bonchev–Trinajstić information content (AvgIpc) is 3.02. The van der Waals surface area contributed by atoms with Gasteiger partial charge in [0.1, 0.15) is 11.5 Å². The zero-order valence-corrected chi connectivity index (χ0v) is 15.7. The zero-order chi connectivity index (χ0) is 17.5. The molecule has 0 aliphatic heterocycles. The maximum absolute atomic E-state index is 12.5. The van der Waals surface area contributed by atoms with Gasteiger partial charge in [-0.15, -0.1) is 11.3 Å². The smallest absolute Gasteiger partial charge is 0.223 e. The molecule has 0 atom stereocenters. The molecule has 0 saturated carbocycles. The number of hydrogen-bond donors (Lipinski definition) is 0. The number of ether oxygens (including phenoxy) is 2. The van der Waals surface area contributed by atoms with Crippen molar-refractivity contribution >= 4 is 28.8 Å². The molecule has 0 unspecified atom stereocenters. The van der Waals surface area contributed by atoms with Crippen molar-refractivity contribution in [3.63, 3.8) is 0 Å². The van der Waals surface area contributed by atoms with E-state index in [1.807, 2.05) is 42.2 Å². The third-order valence-corrected chi connectivity index (χ3v) is 5.02. The molecule has 0 aliphatic rings.